The number of nitrogens with zero attached hydrogens (tertiary/aromatic N) is 3. The van der Waals surface area contributed by atoms with E-state index in [1.807, 2.05) is 0 Å². The number of halogens is 1. The molecule has 2 aromatic heterocycles. The van der Waals surface area contributed by atoms with Crippen LogP contribution in [0, 0.1) is 0 Å². The molecule has 29 heavy (non-hydrogen) atoms. The number of methoxy groups -OCH3 is 3. The van der Waals surface area contributed by atoms with Gasteiger partial charge in [-0.25, -0.2) is 15.0 Å². The van der Waals surface area contributed by atoms with E-state index in [0.29, 0.717) is 33.5 Å². The van der Waals surface area contributed by atoms with Crippen molar-refractivity contribution in [2.75, 3.05) is 32.0 Å². The molecule has 0 atom stereocenters. The first-order chi connectivity index (χ1) is 14.0. The van der Waals surface area contributed by atoms with Gasteiger partial charge in [0.05, 0.1) is 27.5 Å². The highest BCUT2D eigenvalue weighted by Crippen LogP contribution is 2.37. The summed E-state index contributed by atoms with van der Waals surface area (Å²) in [4.78, 5) is 25.4. The Kier molecular flexibility index (Phi) is 6.45. The van der Waals surface area contributed by atoms with Crippen molar-refractivity contribution in [2.24, 2.45) is 0 Å². The van der Waals surface area contributed by atoms with Crippen LogP contribution in [0.15, 0.2) is 47.2 Å². The lowest BCUT2D eigenvalue weighted by Gasteiger charge is -2.16. The van der Waals surface area contributed by atoms with E-state index in [9.17, 15) is 4.79 Å². The molecule has 1 aromatic carbocycles. The number of amides is 1. The molecule has 3 aromatic rings. The molecule has 0 saturated carbocycles. The zero-order valence-corrected chi connectivity index (χ0v) is 17.5. The molecule has 2 heterocycles. The maximum absolute atomic E-state index is 12.6. The predicted octanol–water partition coefficient (Wildman–Crippen LogP) is 3.66. The molecule has 0 spiro atoms. The number of hydrogen-bond acceptors (Lipinski definition) is 8. The van der Waals surface area contributed by atoms with Crippen LogP contribution in [0.3, 0.4) is 0 Å². The van der Waals surface area contributed by atoms with E-state index in [-0.39, 0.29) is 11.5 Å². The summed E-state index contributed by atoms with van der Waals surface area (Å²) in [6.07, 6.45) is 1.47. The molecular weight excluding hydrogens is 442 g/mol. The molecule has 10 heteroatoms. The summed E-state index contributed by atoms with van der Waals surface area (Å²) in [5.41, 5.74) is 0.717. The third-order valence-corrected chi connectivity index (χ3v) is 4.19. The molecule has 0 bridgehead atoms. The molecule has 150 valence electrons. The van der Waals surface area contributed by atoms with Crippen LogP contribution >= 0.6 is 15.9 Å². The molecule has 0 aliphatic rings. The lowest BCUT2D eigenvalue weighted by Crippen LogP contribution is -2.16. The van der Waals surface area contributed by atoms with Crippen molar-refractivity contribution in [3.8, 4) is 17.4 Å². The Labute approximate surface area is 175 Å². The van der Waals surface area contributed by atoms with Crippen LogP contribution < -0.4 is 24.8 Å². The second-order valence-corrected chi connectivity index (χ2v) is 6.38. The van der Waals surface area contributed by atoms with Gasteiger partial charge in [0.2, 0.25) is 5.88 Å². The minimum absolute atomic E-state index is 0.176. The molecule has 9 nitrogen and oxygen atoms in total. The van der Waals surface area contributed by atoms with Crippen LogP contribution in [-0.4, -0.2) is 42.2 Å². The van der Waals surface area contributed by atoms with Gasteiger partial charge in [0.25, 0.3) is 5.91 Å². The number of anilines is 3. The lowest BCUT2D eigenvalue weighted by molar-refractivity contribution is 0.102. The Balaban J connectivity index is 1.94. The van der Waals surface area contributed by atoms with Crippen LogP contribution in [0.1, 0.15) is 10.5 Å². The second kappa shape index (κ2) is 9.20. The fraction of sp³-hybridized carbons (Fsp3) is 0.158. The third kappa shape index (κ3) is 4.72. The van der Waals surface area contributed by atoms with Gasteiger partial charge >= 0.3 is 0 Å². The van der Waals surface area contributed by atoms with Crippen molar-refractivity contribution in [3.05, 3.63) is 52.9 Å². The zero-order valence-electron chi connectivity index (χ0n) is 15.9. The number of benzene rings is 1. The van der Waals surface area contributed by atoms with Gasteiger partial charge in [-0.1, -0.05) is 12.1 Å². The largest absolute Gasteiger partial charge is 0.494 e. The SMILES string of the molecule is COc1cccc(C(=O)Nc2ncc(Br)nc2Nc2c(OC)cccc2OC)n1. The highest BCUT2D eigenvalue weighted by molar-refractivity contribution is 9.10. The number of nitrogens with one attached hydrogen (secondary N) is 2. The van der Waals surface area contributed by atoms with Crippen LogP contribution in [0.2, 0.25) is 0 Å². The first-order valence-corrected chi connectivity index (χ1v) is 9.18. The van der Waals surface area contributed by atoms with Crippen molar-refractivity contribution in [1.82, 2.24) is 15.0 Å². The third-order valence-electron chi connectivity index (χ3n) is 3.81. The number of ether oxygens (including phenoxy) is 3. The summed E-state index contributed by atoms with van der Waals surface area (Å²) in [6, 6.07) is 10.2. The van der Waals surface area contributed by atoms with Crippen LogP contribution in [0.25, 0.3) is 0 Å². The number of carbonyl (C=O) groups is 1. The summed E-state index contributed by atoms with van der Waals surface area (Å²) in [5, 5.41) is 5.82. The van der Waals surface area contributed by atoms with Gasteiger partial charge in [0.15, 0.2) is 11.6 Å². The fourth-order valence-corrected chi connectivity index (χ4v) is 2.75. The Morgan fingerprint density at radius 1 is 0.931 bits per heavy atom. The minimum atomic E-state index is -0.462. The van der Waals surface area contributed by atoms with Crippen LogP contribution in [-0.2, 0) is 0 Å². The normalized spacial score (nSPS) is 10.2. The van der Waals surface area contributed by atoms with Crippen molar-refractivity contribution in [2.45, 2.75) is 0 Å². The van der Waals surface area contributed by atoms with Crippen LogP contribution in [0.4, 0.5) is 17.3 Å². The molecule has 2 N–H and O–H groups in total. The summed E-state index contributed by atoms with van der Waals surface area (Å²) in [7, 11) is 4.57. The average Bonchev–Trinajstić information content (AvgIpc) is 2.75. The maximum Gasteiger partial charge on any atom is 0.275 e. The standard InChI is InChI=1S/C19H18BrN5O4/c1-27-12-7-5-8-13(28-2)16(12)24-18-17(21-10-14(20)23-18)25-19(26)11-6-4-9-15(22-11)29-3/h4-10H,1-3H3,(H,23,24)(H,21,25,26). The van der Waals surface area contributed by atoms with Crippen molar-refractivity contribution in [3.63, 3.8) is 0 Å². The van der Waals surface area contributed by atoms with E-state index in [2.05, 4.69) is 41.5 Å². The number of pyridine rings is 1. The molecule has 0 radical (unpaired) electrons. The molecule has 1 amide bonds. The molecule has 0 aliphatic heterocycles. The lowest BCUT2D eigenvalue weighted by atomic mass is 10.2. The quantitative estimate of drug-likeness (QED) is 0.550. The van der Waals surface area contributed by atoms with Gasteiger partial charge in [-0.15, -0.1) is 0 Å². The van der Waals surface area contributed by atoms with E-state index in [4.69, 9.17) is 14.2 Å². The highest BCUT2D eigenvalue weighted by atomic mass is 79.9. The number of hydrogen-bond donors (Lipinski definition) is 2. The van der Waals surface area contributed by atoms with E-state index >= 15 is 0 Å². The summed E-state index contributed by atoms with van der Waals surface area (Å²) < 4.78 is 16.3. The van der Waals surface area contributed by atoms with Gasteiger partial charge in [0.1, 0.15) is 27.5 Å². The van der Waals surface area contributed by atoms with Gasteiger partial charge in [0, 0.05) is 6.07 Å². The summed E-state index contributed by atoms with van der Waals surface area (Å²) in [5.74, 6) is 1.44. The first kappa shape index (κ1) is 20.3. The maximum atomic E-state index is 12.6. The molecule has 3 rings (SSSR count). The van der Waals surface area contributed by atoms with E-state index in [1.54, 1.807) is 50.6 Å². The van der Waals surface area contributed by atoms with Crippen molar-refractivity contribution in [1.29, 1.82) is 0 Å². The Hall–Kier alpha value is -3.40. The Morgan fingerprint density at radius 2 is 1.62 bits per heavy atom. The highest BCUT2D eigenvalue weighted by Gasteiger charge is 2.17. The predicted molar refractivity (Wildman–Crippen MR) is 111 cm³/mol. The number of para-hydroxylation sites is 1. The van der Waals surface area contributed by atoms with Gasteiger partial charge in [-0.2, -0.15) is 0 Å². The number of carbonyl (C=O) groups excluding carboxylic acids is 1. The Morgan fingerprint density at radius 3 is 2.28 bits per heavy atom. The van der Waals surface area contributed by atoms with Crippen LogP contribution in [0.5, 0.6) is 17.4 Å². The topological polar surface area (TPSA) is 107 Å². The van der Waals surface area contributed by atoms with Crippen molar-refractivity contribution < 1.29 is 19.0 Å². The number of rotatable bonds is 7. The molecule has 0 aliphatic carbocycles. The fourth-order valence-electron chi connectivity index (χ4n) is 2.47. The van der Waals surface area contributed by atoms with E-state index in [1.165, 1.54) is 13.3 Å². The van der Waals surface area contributed by atoms with Gasteiger partial charge in [-0.05, 0) is 34.1 Å². The molecular formula is C19H18BrN5O4. The smallest absolute Gasteiger partial charge is 0.275 e. The monoisotopic (exact) mass is 459 g/mol. The average molecular weight is 460 g/mol. The van der Waals surface area contributed by atoms with E-state index in [0.717, 1.165) is 0 Å². The molecule has 0 saturated heterocycles. The second-order valence-electron chi connectivity index (χ2n) is 5.57. The van der Waals surface area contributed by atoms with Crippen molar-refractivity contribution >= 4 is 39.2 Å². The minimum Gasteiger partial charge on any atom is -0.494 e. The Bertz CT molecular complexity index is 1010. The van der Waals surface area contributed by atoms with Gasteiger partial charge < -0.3 is 24.8 Å². The number of aromatic nitrogens is 3. The van der Waals surface area contributed by atoms with E-state index < -0.39 is 5.91 Å². The first-order valence-electron chi connectivity index (χ1n) is 8.38. The summed E-state index contributed by atoms with van der Waals surface area (Å²) >= 11 is 3.29. The zero-order chi connectivity index (χ0) is 20.8. The summed E-state index contributed by atoms with van der Waals surface area (Å²) in [6.45, 7) is 0. The van der Waals surface area contributed by atoms with Gasteiger partial charge in [-0.3, -0.25) is 4.79 Å². The molecule has 0 fully saturated rings. The molecule has 0 unspecified atom stereocenters.